The number of amides is 1. The highest BCUT2D eigenvalue weighted by atomic mass is 32.2. The zero-order valence-electron chi connectivity index (χ0n) is 18.2. The molecular formula is C25H24N2O4S2. The van der Waals surface area contributed by atoms with E-state index in [4.69, 9.17) is 4.74 Å². The summed E-state index contributed by atoms with van der Waals surface area (Å²) in [6.45, 7) is 0.381. The van der Waals surface area contributed by atoms with Gasteiger partial charge in [0.25, 0.3) is 15.9 Å². The molecule has 8 heteroatoms. The number of nitrogens with one attached hydrogen (secondary N) is 1. The molecule has 33 heavy (non-hydrogen) atoms. The number of para-hydroxylation sites is 1. The summed E-state index contributed by atoms with van der Waals surface area (Å²) in [4.78, 5) is 14.5. The third-order valence-corrected chi connectivity index (χ3v) is 9.04. The maximum atomic E-state index is 13.5. The van der Waals surface area contributed by atoms with Crippen LogP contribution in [0, 0.1) is 0 Å². The normalized spacial score (nSPS) is 17.2. The quantitative estimate of drug-likeness (QED) is 0.585. The van der Waals surface area contributed by atoms with Crippen molar-refractivity contribution in [3.05, 3.63) is 83.4 Å². The zero-order valence-corrected chi connectivity index (χ0v) is 19.8. The lowest BCUT2D eigenvalue weighted by Crippen LogP contribution is -2.32. The van der Waals surface area contributed by atoms with Crippen LogP contribution >= 0.6 is 11.8 Å². The number of anilines is 1. The lowest BCUT2D eigenvalue weighted by atomic mass is 10.0. The second-order valence-corrected chi connectivity index (χ2v) is 11.0. The topological polar surface area (TPSA) is 75.7 Å². The smallest absolute Gasteiger partial charge is 0.264 e. The highest BCUT2D eigenvalue weighted by Crippen LogP contribution is 2.37. The molecule has 3 aromatic rings. The Kier molecular flexibility index (Phi) is 5.80. The van der Waals surface area contributed by atoms with Crippen molar-refractivity contribution in [2.75, 3.05) is 23.7 Å². The Morgan fingerprint density at radius 2 is 1.88 bits per heavy atom. The number of hydrogen-bond donors (Lipinski definition) is 1. The standard InChI is InChI=1S/C25H24N2O4S2/c1-31-23-11-10-18(33(29,30)27-14-12-17-6-2-4-8-22(17)27)16-20(23)25(28)26-21-13-15-32-24-9-5-3-7-19(21)24/h2-11,16,21H,12-15H2,1H3,(H,26,28). The van der Waals surface area contributed by atoms with Crippen LogP contribution in [-0.4, -0.2) is 33.7 Å². The number of carbonyl (C=O) groups is 1. The number of rotatable bonds is 5. The van der Waals surface area contributed by atoms with Crippen LogP contribution in [0.15, 0.2) is 76.5 Å². The van der Waals surface area contributed by atoms with Gasteiger partial charge in [0.15, 0.2) is 0 Å². The molecule has 0 spiro atoms. The fourth-order valence-corrected chi connectivity index (χ4v) is 7.09. The summed E-state index contributed by atoms with van der Waals surface area (Å²) in [5.41, 5.74) is 2.98. The number of ether oxygens (including phenoxy) is 1. The minimum Gasteiger partial charge on any atom is -0.496 e. The van der Waals surface area contributed by atoms with Gasteiger partial charge in [-0.2, -0.15) is 0 Å². The maximum absolute atomic E-state index is 13.5. The second kappa shape index (κ2) is 8.76. The second-order valence-electron chi connectivity index (χ2n) is 8.02. The molecule has 0 radical (unpaired) electrons. The Balaban J connectivity index is 1.47. The molecule has 5 rings (SSSR count). The molecule has 1 N–H and O–H groups in total. The summed E-state index contributed by atoms with van der Waals surface area (Å²) in [5.74, 6) is 0.895. The third-order valence-electron chi connectivity index (χ3n) is 6.11. The van der Waals surface area contributed by atoms with Crippen LogP contribution < -0.4 is 14.4 Å². The number of nitrogens with zero attached hydrogens (tertiary/aromatic N) is 1. The number of benzene rings is 3. The predicted molar refractivity (Wildman–Crippen MR) is 130 cm³/mol. The first-order valence-corrected chi connectivity index (χ1v) is 13.2. The van der Waals surface area contributed by atoms with Crippen LogP contribution in [0.4, 0.5) is 5.69 Å². The van der Waals surface area contributed by atoms with Crippen molar-refractivity contribution in [1.82, 2.24) is 5.32 Å². The highest BCUT2D eigenvalue weighted by Gasteiger charge is 2.32. The van der Waals surface area contributed by atoms with Gasteiger partial charge >= 0.3 is 0 Å². The van der Waals surface area contributed by atoms with Gasteiger partial charge in [0, 0.05) is 17.2 Å². The van der Waals surface area contributed by atoms with Crippen LogP contribution in [-0.2, 0) is 16.4 Å². The summed E-state index contributed by atoms with van der Waals surface area (Å²) in [6.07, 6.45) is 1.47. The molecule has 2 aliphatic heterocycles. The Hall–Kier alpha value is -2.97. The van der Waals surface area contributed by atoms with Gasteiger partial charge in [-0.3, -0.25) is 9.10 Å². The highest BCUT2D eigenvalue weighted by molar-refractivity contribution is 7.99. The first-order valence-electron chi connectivity index (χ1n) is 10.8. The average Bonchev–Trinajstić information content (AvgIpc) is 3.29. The van der Waals surface area contributed by atoms with E-state index in [1.807, 2.05) is 42.5 Å². The number of carbonyl (C=O) groups excluding carboxylic acids is 1. The van der Waals surface area contributed by atoms with E-state index in [0.29, 0.717) is 24.4 Å². The Labute approximate surface area is 198 Å². The zero-order chi connectivity index (χ0) is 23.0. The van der Waals surface area contributed by atoms with Gasteiger partial charge in [0.05, 0.1) is 29.3 Å². The van der Waals surface area contributed by atoms with Gasteiger partial charge in [0.2, 0.25) is 0 Å². The van der Waals surface area contributed by atoms with Crippen molar-refractivity contribution in [3.8, 4) is 5.75 Å². The minimum absolute atomic E-state index is 0.0738. The number of fused-ring (bicyclic) bond motifs is 2. The first kappa shape index (κ1) is 21.9. The molecule has 170 valence electrons. The van der Waals surface area contributed by atoms with Gasteiger partial charge < -0.3 is 10.1 Å². The maximum Gasteiger partial charge on any atom is 0.264 e. The lowest BCUT2D eigenvalue weighted by molar-refractivity contribution is 0.0931. The molecule has 0 fully saturated rings. The van der Waals surface area contributed by atoms with Crippen molar-refractivity contribution in [1.29, 1.82) is 0 Å². The van der Waals surface area contributed by atoms with Crippen molar-refractivity contribution in [2.24, 2.45) is 0 Å². The fourth-order valence-electron chi connectivity index (χ4n) is 4.44. The van der Waals surface area contributed by atoms with Gasteiger partial charge in [-0.25, -0.2) is 8.42 Å². The summed E-state index contributed by atoms with van der Waals surface area (Å²) in [6, 6.07) is 19.9. The van der Waals surface area contributed by atoms with Gasteiger partial charge in [-0.05, 0) is 54.3 Å². The van der Waals surface area contributed by atoms with E-state index in [9.17, 15) is 13.2 Å². The fraction of sp³-hybridized carbons (Fsp3) is 0.240. The molecule has 1 unspecified atom stereocenters. The van der Waals surface area contributed by atoms with E-state index in [2.05, 4.69) is 11.4 Å². The van der Waals surface area contributed by atoms with E-state index in [-0.39, 0.29) is 22.4 Å². The molecule has 0 saturated carbocycles. The van der Waals surface area contributed by atoms with E-state index in [1.54, 1.807) is 17.8 Å². The van der Waals surface area contributed by atoms with Crippen molar-refractivity contribution >= 4 is 33.4 Å². The van der Waals surface area contributed by atoms with Crippen molar-refractivity contribution in [2.45, 2.75) is 28.7 Å². The van der Waals surface area contributed by atoms with Crippen molar-refractivity contribution < 1.29 is 17.9 Å². The monoisotopic (exact) mass is 480 g/mol. The summed E-state index contributed by atoms with van der Waals surface area (Å²) in [5, 5.41) is 3.09. The first-order chi connectivity index (χ1) is 16.0. The van der Waals surface area contributed by atoms with E-state index >= 15 is 0 Å². The molecule has 6 nitrogen and oxygen atoms in total. The molecule has 0 aliphatic carbocycles. The summed E-state index contributed by atoms with van der Waals surface area (Å²) in [7, 11) is -2.34. The molecule has 1 amide bonds. The van der Waals surface area contributed by atoms with Crippen LogP contribution in [0.5, 0.6) is 5.75 Å². The van der Waals surface area contributed by atoms with Crippen LogP contribution in [0.2, 0.25) is 0 Å². The number of thioether (sulfide) groups is 1. The SMILES string of the molecule is COc1ccc(S(=O)(=O)N2CCc3ccccc32)cc1C(=O)NC1CCSc2ccccc21. The van der Waals surface area contributed by atoms with Gasteiger partial charge in [-0.1, -0.05) is 36.4 Å². The molecular weight excluding hydrogens is 456 g/mol. The number of sulfonamides is 1. The number of hydrogen-bond acceptors (Lipinski definition) is 5. The molecule has 2 heterocycles. The van der Waals surface area contributed by atoms with E-state index in [0.717, 1.165) is 28.2 Å². The van der Waals surface area contributed by atoms with E-state index in [1.165, 1.54) is 23.5 Å². The number of methoxy groups -OCH3 is 1. The largest absolute Gasteiger partial charge is 0.496 e. The summed E-state index contributed by atoms with van der Waals surface area (Å²) >= 11 is 1.78. The Morgan fingerprint density at radius 1 is 1.09 bits per heavy atom. The van der Waals surface area contributed by atoms with Crippen LogP contribution in [0.1, 0.15) is 33.9 Å². The molecule has 0 saturated heterocycles. The molecule has 1 atom stereocenters. The van der Waals surface area contributed by atoms with Gasteiger partial charge in [0.1, 0.15) is 5.75 Å². The molecule has 0 bridgehead atoms. The Morgan fingerprint density at radius 3 is 2.73 bits per heavy atom. The predicted octanol–water partition coefficient (Wildman–Crippen LogP) is 4.41. The van der Waals surface area contributed by atoms with E-state index < -0.39 is 10.0 Å². The Bertz CT molecular complexity index is 1320. The lowest BCUT2D eigenvalue weighted by Gasteiger charge is -2.26. The van der Waals surface area contributed by atoms with Crippen molar-refractivity contribution in [3.63, 3.8) is 0 Å². The average molecular weight is 481 g/mol. The molecule has 2 aliphatic rings. The third kappa shape index (κ3) is 3.98. The van der Waals surface area contributed by atoms with Crippen LogP contribution in [0.25, 0.3) is 0 Å². The summed E-state index contributed by atoms with van der Waals surface area (Å²) < 4.78 is 33.8. The molecule has 3 aromatic carbocycles. The van der Waals surface area contributed by atoms with Gasteiger partial charge in [-0.15, -0.1) is 11.8 Å². The van der Waals surface area contributed by atoms with Crippen LogP contribution in [0.3, 0.4) is 0 Å². The molecule has 0 aromatic heterocycles. The minimum atomic E-state index is -3.82.